The molecule has 0 radical (unpaired) electrons. The maximum absolute atomic E-state index is 13.3. The monoisotopic (exact) mass is 510 g/mol. The third kappa shape index (κ3) is 5.18. The summed E-state index contributed by atoms with van der Waals surface area (Å²) in [5, 5.41) is 23.7. The zero-order valence-corrected chi connectivity index (χ0v) is 22.9. The summed E-state index contributed by atoms with van der Waals surface area (Å²) in [5.41, 5.74) is -1.02. The molecule has 5 aliphatic rings. The second-order valence-corrected chi connectivity index (χ2v) is 12.7. The quantitative estimate of drug-likeness (QED) is 0.382. The van der Waals surface area contributed by atoms with Crippen LogP contribution >= 0.6 is 0 Å². The third-order valence-electron chi connectivity index (χ3n) is 10.5. The van der Waals surface area contributed by atoms with Gasteiger partial charge < -0.3 is 15.0 Å². The Morgan fingerprint density at radius 3 is 2.43 bits per heavy atom. The summed E-state index contributed by atoms with van der Waals surface area (Å²) in [7, 11) is 0. The van der Waals surface area contributed by atoms with Gasteiger partial charge in [0.25, 0.3) is 0 Å². The molecule has 1 saturated carbocycles. The Morgan fingerprint density at radius 1 is 0.838 bits per heavy atom. The zero-order valence-electron chi connectivity index (χ0n) is 22.9. The zero-order chi connectivity index (χ0) is 25.7. The number of hydrogen-bond acceptors (Lipinski definition) is 5. The number of aliphatic hydroxyl groups is 2. The average Bonchev–Trinajstić information content (AvgIpc) is 3.15. The summed E-state index contributed by atoms with van der Waals surface area (Å²) in [6.07, 6.45) is 27.4. The molecular formula is C32H50N2O3. The van der Waals surface area contributed by atoms with Gasteiger partial charge in [0.1, 0.15) is 18.5 Å². The van der Waals surface area contributed by atoms with E-state index >= 15 is 0 Å². The van der Waals surface area contributed by atoms with E-state index in [0.717, 1.165) is 77.5 Å². The Morgan fingerprint density at radius 2 is 1.62 bits per heavy atom. The summed E-state index contributed by atoms with van der Waals surface area (Å²) < 4.78 is 0. The van der Waals surface area contributed by atoms with Crippen molar-refractivity contribution in [2.45, 2.75) is 114 Å². The molecule has 4 bridgehead atoms. The Hall–Kier alpha value is -1.27. The molecule has 3 saturated heterocycles. The fourth-order valence-electron chi connectivity index (χ4n) is 9.12. The highest BCUT2D eigenvalue weighted by Crippen LogP contribution is 2.62. The molecular weight excluding hydrogens is 460 g/mol. The van der Waals surface area contributed by atoms with E-state index in [1.807, 2.05) is 12.2 Å². The lowest BCUT2D eigenvalue weighted by Gasteiger charge is -2.65. The number of aldehydes is 1. The van der Waals surface area contributed by atoms with Crippen molar-refractivity contribution in [3.8, 4) is 0 Å². The second kappa shape index (κ2) is 12.3. The number of aliphatic hydroxyl groups excluding tert-OH is 2. The first-order valence-corrected chi connectivity index (χ1v) is 15.4. The van der Waals surface area contributed by atoms with Crippen LogP contribution in [-0.2, 0) is 4.79 Å². The van der Waals surface area contributed by atoms with Gasteiger partial charge in [-0.3, -0.25) is 9.80 Å². The third-order valence-corrected chi connectivity index (χ3v) is 10.5. The van der Waals surface area contributed by atoms with Crippen LogP contribution in [0.3, 0.4) is 0 Å². The minimum Gasteiger partial charge on any atom is -0.388 e. The van der Waals surface area contributed by atoms with Crippen molar-refractivity contribution in [1.29, 1.82) is 0 Å². The summed E-state index contributed by atoms with van der Waals surface area (Å²) in [6.45, 7) is 3.88. The molecule has 5 heteroatoms. The number of hydrogen-bond donors (Lipinski definition) is 2. The highest BCUT2D eigenvalue weighted by atomic mass is 16.3. The van der Waals surface area contributed by atoms with E-state index in [9.17, 15) is 15.0 Å². The predicted molar refractivity (Wildman–Crippen MR) is 149 cm³/mol. The molecule has 1 spiro atoms. The average molecular weight is 511 g/mol. The molecule has 0 aromatic heterocycles. The van der Waals surface area contributed by atoms with Crippen LogP contribution in [0.2, 0.25) is 0 Å². The van der Waals surface area contributed by atoms with E-state index in [4.69, 9.17) is 0 Å². The van der Waals surface area contributed by atoms with Crippen LogP contribution < -0.4 is 0 Å². The topological polar surface area (TPSA) is 64.0 Å². The van der Waals surface area contributed by atoms with Crippen LogP contribution in [0.15, 0.2) is 36.5 Å². The minimum absolute atomic E-state index is 0.0345. The van der Waals surface area contributed by atoms with E-state index in [1.54, 1.807) is 6.08 Å². The van der Waals surface area contributed by atoms with Crippen molar-refractivity contribution >= 4 is 6.29 Å². The molecule has 4 heterocycles. The number of carbonyl (C=O) groups excluding carboxylic acids is 1. The van der Waals surface area contributed by atoms with E-state index in [2.05, 4.69) is 28.0 Å². The molecule has 1 aliphatic carbocycles. The molecule has 0 aromatic carbocycles. The minimum atomic E-state index is -0.945. The standard InChI is InChI=1S/C32H50N2O3/c35-25-31-19-14-10-6-2-4-7-11-15-20-33-22-18-27-26(23-31)24-34-21-16-12-8-3-1-5-9-13-17-28(36)29(37)32(27,34)30(31)33/h3,5,8-9,13,17,25-30,36-37H,1-2,4,6-7,10-12,14-16,18-24H2/b8-3-,9-5-,17-13-/t26?,27?,28-,29+,30?,31?,32?/m0/s1. The fourth-order valence-corrected chi connectivity index (χ4v) is 9.12. The van der Waals surface area contributed by atoms with Gasteiger partial charge in [0.2, 0.25) is 0 Å². The first-order chi connectivity index (χ1) is 18.1. The smallest absolute Gasteiger partial charge is 0.127 e. The van der Waals surface area contributed by atoms with Crippen molar-refractivity contribution in [3.05, 3.63) is 36.5 Å². The molecule has 37 heavy (non-hydrogen) atoms. The van der Waals surface area contributed by atoms with E-state index in [0.29, 0.717) is 11.8 Å². The molecule has 4 aliphatic heterocycles. The van der Waals surface area contributed by atoms with E-state index < -0.39 is 23.2 Å². The summed E-state index contributed by atoms with van der Waals surface area (Å²) in [4.78, 5) is 18.5. The molecule has 0 aromatic rings. The van der Waals surface area contributed by atoms with Crippen LogP contribution in [-0.4, -0.2) is 76.3 Å². The largest absolute Gasteiger partial charge is 0.388 e. The first kappa shape index (κ1) is 27.3. The summed E-state index contributed by atoms with van der Waals surface area (Å²) in [5.74, 6) is 0.741. The summed E-state index contributed by atoms with van der Waals surface area (Å²) in [6, 6.07) is -0.0345. The number of allylic oxidation sites excluding steroid dienone is 5. The van der Waals surface area contributed by atoms with Crippen molar-refractivity contribution in [1.82, 2.24) is 9.80 Å². The molecule has 5 unspecified atom stereocenters. The molecule has 0 amide bonds. The molecule has 206 valence electrons. The second-order valence-electron chi connectivity index (χ2n) is 12.7. The number of piperidine rings is 1. The van der Waals surface area contributed by atoms with Crippen molar-refractivity contribution in [3.63, 3.8) is 0 Å². The van der Waals surface area contributed by atoms with Crippen molar-refractivity contribution < 1.29 is 15.0 Å². The number of rotatable bonds is 1. The number of carbonyl (C=O) groups is 1. The van der Waals surface area contributed by atoms with Gasteiger partial charge in [-0.2, -0.15) is 0 Å². The Labute approximate surface area is 224 Å². The Bertz CT molecular complexity index is 855. The van der Waals surface area contributed by atoms with Gasteiger partial charge in [-0.25, -0.2) is 0 Å². The first-order valence-electron chi connectivity index (χ1n) is 15.4. The lowest BCUT2D eigenvalue weighted by atomic mass is 9.50. The van der Waals surface area contributed by atoms with Gasteiger partial charge in [0.15, 0.2) is 0 Å². The highest BCUT2D eigenvalue weighted by molar-refractivity contribution is 5.63. The normalized spacial score (nSPS) is 45.2. The van der Waals surface area contributed by atoms with Crippen LogP contribution in [0.1, 0.15) is 89.9 Å². The highest BCUT2D eigenvalue weighted by Gasteiger charge is 2.72. The molecule has 4 fully saturated rings. The Balaban J connectivity index is 1.59. The van der Waals surface area contributed by atoms with Gasteiger partial charge >= 0.3 is 0 Å². The van der Waals surface area contributed by atoms with Gasteiger partial charge in [-0.05, 0) is 76.4 Å². The van der Waals surface area contributed by atoms with Crippen LogP contribution in [0.5, 0.6) is 0 Å². The van der Waals surface area contributed by atoms with Crippen LogP contribution in [0.25, 0.3) is 0 Å². The molecule has 5 rings (SSSR count). The van der Waals surface area contributed by atoms with Gasteiger partial charge in [-0.1, -0.05) is 81.4 Å². The summed E-state index contributed by atoms with van der Waals surface area (Å²) >= 11 is 0. The van der Waals surface area contributed by atoms with Gasteiger partial charge in [0.05, 0.1) is 5.54 Å². The lowest BCUT2D eigenvalue weighted by Crippen LogP contribution is -2.78. The van der Waals surface area contributed by atoms with Gasteiger partial charge in [-0.15, -0.1) is 0 Å². The predicted octanol–water partition coefficient (Wildman–Crippen LogP) is 5.04. The maximum atomic E-state index is 13.3. The van der Waals surface area contributed by atoms with Crippen molar-refractivity contribution in [2.75, 3.05) is 26.2 Å². The van der Waals surface area contributed by atoms with Crippen molar-refractivity contribution in [2.24, 2.45) is 17.3 Å². The van der Waals surface area contributed by atoms with Gasteiger partial charge in [0, 0.05) is 18.0 Å². The van der Waals surface area contributed by atoms with E-state index in [1.165, 1.54) is 44.8 Å². The Kier molecular flexibility index (Phi) is 9.06. The maximum Gasteiger partial charge on any atom is 0.127 e. The molecule has 5 nitrogen and oxygen atoms in total. The molecule has 2 N–H and O–H groups in total. The van der Waals surface area contributed by atoms with Crippen LogP contribution in [0, 0.1) is 17.3 Å². The van der Waals surface area contributed by atoms with E-state index in [-0.39, 0.29) is 6.04 Å². The van der Waals surface area contributed by atoms with Crippen LogP contribution in [0.4, 0.5) is 0 Å². The fraction of sp³-hybridized carbons (Fsp3) is 0.781. The SMILES string of the molecule is O=CC12CCCCCCCCCCN3CCC4C(CN5CCC/C=C\C/C=C\C=C/[C@H](O)[C@@H](O)C45C31)C2. The molecule has 7 atom stereocenters. The number of nitrogens with zero attached hydrogens (tertiary/aromatic N) is 2. The lowest BCUT2D eigenvalue weighted by molar-refractivity contribution is -0.190.